The van der Waals surface area contributed by atoms with Gasteiger partial charge in [-0.05, 0) is 64.1 Å². The van der Waals surface area contributed by atoms with Gasteiger partial charge in [-0.15, -0.1) is 0 Å². The van der Waals surface area contributed by atoms with Crippen LogP contribution in [0.4, 0.5) is 0 Å². The molecule has 2 unspecified atom stereocenters. The van der Waals surface area contributed by atoms with Gasteiger partial charge in [-0.25, -0.2) is 0 Å². The number of likely N-dealkylation sites (tertiary alicyclic amines) is 1. The van der Waals surface area contributed by atoms with Gasteiger partial charge in [0.1, 0.15) is 0 Å². The van der Waals surface area contributed by atoms with Crippen LogP contribution in [0, 0.1) is 5.92 Å². The zero-order valence-electron chi connectivity index (χ0n) is 13.5. The molecule has 120 valence electrons. The lowest BCUT2D eigenvalue weighted by Gasteiger charge is -2.30. The fourth-order valence-electron chi connectivity index (χ4n) is 4.47. The van der Waals surface area contributed by atoms with Crippen LogP contribution in [0.3, 0.4) is 0 Å². The largest absolute Gasteiger partial charge is 0.335 e. The van der Waals surface area contributed by atoms with Crippen molar-refractivity contribution in [2.24, 2.45) is 5.92 Å². The normalized spacial score (nSPS) is 31.4. The Morgan fingerprint density at radius 3 is 2.62 bits per heavy atom. The molecule has 1 N–H and O–H groups in total. The van der Waals surface area contributed by atoms with Crippen LogP contribution in [0.25, 0.3) is 0 Å². The molecule has 3 saturated heterocycles. The number of nitrogens with zero attached hydrogens (tertiary/aromatic N) is 2. The van der Waals surface area contributed by atoms with Crippen molar-refractivity contribution < 1.29 is 4.79 Å². The third-order valence-corrected chi connectivity index (χ3v) is 5.83. The number of rotatable bonds is 4. The van der Waals surface area contributed by atoms with E-state index in [9.17, 15) is 4.79 Å². The molecular formula is C17H31N3O. The molecule has 0 aliphatic carbocycles. The first kappa shape index (κ1) is 15.3. The van der Waals surface area contributed by atoms with Crippen molar-refractivity contribution in [2.45, 2.75) is 64.0 Å². The van der Waals surface area contributed by atoms with Crippen LogP contribution in [-0.2, 0) is 4.79 Å². The van der Waals surface area contributed by atoms with E-state index in [1.165, 1.54) is 38.6 Å². The number of nitrogens with one attached hydrogen (secondary N) is 1. The Labute approximate surface area is 129 Å². The highest BCUT2D eigenvalue weighted by atomic mass is 16.2. The minimum atomic E-state index is 0.444. The van der Waals surface area contributed by atoms with Crippen LogP contribution < -0.4 is 5.32 Å². The van der Waals surface area contributed by atoms with E-state index in [0.717, 1.165) is 44.9 Å². The van der Waals surface area contributed by atoms with Crippen molar-refractivity contribution >= 4 is 5.91 Å². The molecular weight excluding hydrogens is 262 g/mol. The molecule has 4 nitrogen and oxygen atoms in total. The van der Waals surface area contributed by atoms with Gasteiger partial charge in [0.15, 0.2) is 0 Å². The molecule has 3 fully saturated rings. The fourth-order valence-corrected chi connectivity index (χ4v) is 4.47. The summed E-state index contributed by atoms with van der Waals surface area (Å²) in [5.41, 5.74) is 0. The maximum absolute atomic E-state index is 12.7. The van der Waals surface area contributed by atoms with Gasteiger partial charge in [0, 0.05) is 31.6 Å². The van der Waals surface area contributed by atoms with Gasteiger partial charge in [-0.2, -0.15) is 0 Å². The molecule has 4 heteroatoms. The lowest BCUT2D eigenvalue weighted by Crippen LogP contribution is -2.43. The second kappa shape index (κ2) is 7.10. The van der Waals surface area contributed by atoms with Crippen LogP contribution in [0.15, 0.2) is 0 Å². The molecule has 0 aromatic rings. The molecule has 2 bridgehead atoms. The molecule has 1 amide bonds. The van der Waals surface area contributed by atoms with Gasteiger partial charge < -0.3 is 15.1 Å². The Bertz CT molecular complexity index is 354. The first-order valence-electron chi connectivity index (χ1n) is 9.02. The number of carbonyl (C=O) groups is 1. The third kappa shape index (κ3) is 3.59. The maximum atomic E-state index is 12.7. The number of carbonyl (C=O) groups excluding carboxylic acids is 1. The highest BCUT2D eigenvalue weighted by Crippen LogP contribution is 2.31. The summed E-state index contributed by atoms with van der Waals surface area (Å²) in [5, 5.41) is 3.41. The molecule has 3 aliphatic heterocycles. The Morgan fingerprint density at radius 2 is 1.86 bits per heavy atom. The van der Waals surface area contributed by atoms with E-state index < -0.39 is 0 Å². The molecule has 0 spiro atoms. The molecule has 3 aliphatic rings. The van der Waals surface area contributed by atoms with Gasteiger partial charge in [0.2, 0.25) is 5.91 Å². The smallest absolute Gasteiger partial charge is 0.223 e. The van der Waals surface area contributed by atoms with E-state index in [2.05, 4.69) is 22.0 Å². The predicted molar refractivity (Wildman–Crippen MR) is 85.2 cm³/mol. The zero-order chi connectivity index (χ0) is 14.7. The molecule has 21 heavy (non-hydrogen) atoms. The average molecular weight is 293 g/mol. The minimum absolute atomic E-state index is 0.444. The summed E-state index contributed by atoms with van der Waals surface area (Å²) in [6.07, 6.45) is 8.04. The van der Waals surface area contributed by atoms with Crippen molar-refractivity contribution in [3.63, 3.8) is 0 Å². The summed E-state index contributed by atoms with van der Waals surface area (Å²) in [6.45, 7) is 7.92. The topological polar surface area (TPSA) is 35.6 Å². The van der Waals surface area contributed by atoms with Crippen LogP contribution >= 0.6 is 0 Å². The maximum Gasteiger partial charge on any atom is 0.223 e. The number of likely N-dealkylation sites (N-methyl/N-ethyl adjacent to an activating group) is 1. The van der Waals surface area contributed by atoms with Crippen molar-refractivity contribution in [1.29, 1.82) is 0 Å². The second-order valence-corrected chi connectivity index (χ2v) is 7.10. The van der Waals surface area contributed by atoms with Crippen LogP contribution in [0.2, 0.25) is 0 Å². The molecule has 0 aromatic carbocycles. The molecule has 0 radical (unpaired) electrons. The zero-order valence-corrected chi connectivity index (χ0v) is 13.5. The molecule has 3 rings (SSSR count). The van der Waals surface area contributed by atoms with Crippen LogP contribution in [0.5, 0.6) is 0 Å². The number of amides is 1. The van der Waals surface area contributed by atoms with E-state index in [0.29, 0.717) is 18.0 Å². The fraction of sp³-hybridized carbons (Fsp3) is 0.941. The molecule has 3 heterocycles. The third-order valence-electron chi connectivity index (χ3n) is 5.83. The molecule has 0 aromatic heterocycles. The summed E-state index contributed by atoms with van der Waals surface area (Å²) in [6, 6.07) is 1.03. The van der Waals surface area contributed by atoms with E-state index in [1.807, 2.05) is 0 Å². The molecule has 2 atom stereocenters. The Morgan fingerprint density at radius 1 is 1.10 bits per heavy atom. The van der Waals surface area contributed by atoms with Crippen molar-refractivity contribution in [3.8, 4) is 0 Å². The predicted octanol–water partition coefficient (Wildman–Crippen LogP) is 1.85. The van der Waals surface area contributed by atoms with Gasteiger partial charge in [-0.1, -0.05) is 6.92 Å². The van der Waals surface area contributed by atoms with E-state index in [-0.39, 0.29) is 0 Å². The number of piperidine rings is 1. The average Bonchev–Trinajstić information content (AvgIpc) is 2.81. The summed E-state index contributed by atoms with van der Waals surface area (Å²) < 4.78 is 0. The molecule has 0 saturated carbocycles. The Kier molecular flexibility index (Phi) is 5.17. The van der Waals surface area contributed by atoms with Crippen LogP contribution in [-0.4, -0.2) is 60.5 Å². The highest BCUT2D eigenvalue weighted by molar-refractivity contribution is 5.77. The summed E-state index contributed by atoms with van der Waals surface area (Å²) >= 11 is 0. The second-order valence-electron chi connectivity index (χ2n) is 7.10. The summed E-state index contributed by atoms with van der Waals surface area (Å²) in [7, 11) is 0. The lowest BCUT2D eigenvalue weighted by molar-refractivity contribution is -0.134. The quantitative estimate of drug-likeness (QED) is 0.859. The SMILES string of the molecule is CCN1CCC2CCC(C1)N2C(=O)CCC1CCNCC1. The van der Waals surface area contributed by atoms with Gasteiger partial charge in [0.25, 0.3) is 0 Å². The van der Waals surface area contributed by atoms with E-state index >= 15 is 0 Å². The first-order valence-corrected chi connectivity index (χ1v) is 9.02. The summed E-state index contributed by atoms with van der Waals surface area (Å²) in [5.74, 6) is 1.21. The first-order chi connectivity index (χ1) is 10.3. The number of hydrogen-bond acceptors (Lipinski definition) is 3. The van der Waals surface area contributed by atoms with Crippen molar-refractivity contribution in [1.82, 2.24) is 15.1 Å². The summed E-state index contributed by atoms with van der Waals surface area (Å²) in [4.78, 5) is 17.6. The van der Waals surface area contributed by atoms with Crippen molar-refractivity contribution in [2.75, 3.05) is 32.7 Å². The van der Waals surface area contributed by atoms with E-state index in [4.69, 9.17) is 0 Å². The number of hydrogen-bond donors (Lipinski definition) is 1. The highest BCUT2D eigenvalue weighted by Gasteiger charge is 2.39. The standard InChI is InChI=1S/C17H31N3O/c1-2-19-12-9-15-4-5-16(13-19)20(15)17(21)6-3-14-7-10-18-11-8-14/h14-16,18H,2-13H2,1H3. The van der Waals surface area contributed by atoms with E-state index in [1.54, 1.807) is 0 Å². The van der Waals surface area contributed by atoms with Gasteiger partial charge in [-0.3, -0.25) is 4.79 Å². The van der Waals surface area contributed by atoms with Crippen molar-refractivity contribution in [3.05, 3.63) is 0 Å². The van der Waals surface area contributed by atoms with Crippen LogP contribution in [0.1, 0.15) is 51.9 Å². The van der Waals surface area contributed by atoms with Gasteiger partial charge in [0.05, 0.1) is 0 Å². The lowest BCUT2D eigenvalue weighted by atomic mass is 9.93. The monoisotopic (exact) mass is 293 g/mol. The Hall–Kier alpha value is -0.610. The Balaban J connectivity index is 1.53. The minimum Gasteiger partial charge on any atom is -0.335 e. The number of fused-ring (bicyclic) bond motifs is 2. The van der Waals surface area contributed by atoms with Gasteiger partial charge >= 0.3 is 0 Å².